The number of fused-ring (bicyclic) bond motifs is 1. The van der Waals surface area contributed by atoms with Crippen LogP contribution in [0.2, 0.25) is 10.0 Å². The number of amides is 1. The van der Waals surface area contributed by atoms with E-state index in [1.165, 1.54) is 6.20 Å². The van der Waals surface area contributed by atoms with Crippen LogP contribution in [0.4, 0.5) is 4.39 Å². The number of hydrogen-bond acceptors (Lipinski definition) is 5. The van der Waals surface area contributed by atoms with Gasteiger partial charge in [-0.05, 0) is 60.4 Å². The molecular formula is C26H22BrCl2FN2O4. The number of alkyl halides is 1. The number of hydroxylamine groups is 2. The SMILES string of the molecule is O=C1c2cc(Br)cc(-c3ccc(Cl)cc3)c2C(F)(Cc2ccc(Cl)cn2)N1OCC1(OCCO)CC1. The van der Waals surface area contributed by atoms with Gasteiger partial charge in [-0.1, -0.05) is 51.3 Å². The van der Waals surface area contributed by atoms with E-state index in [0.717, 1.165) is 5.06 Å². The quantitative estimate of drug-likeness (QED) is 0.302. The molecule has 1 aliphatic carbocycles. The number of rotatable bonds is 9. The molecule has 1 N–H and O–H groups in total. The molecule has 0 bridgehead atoms. The number of aromatic nitrogens is 1. The van der Waals surface area contributed by atoms with Gasteiger partial charge in [-0.3, -0.25) is 14.6 Å². The van der Waals surface area contributed by atoms with E-state index in [9.17, 15) is 4.79 Å². The maximum absolute atomic E-state index is 17.4. The van der Waals surface area contributed by atoms with E-state index in [1.54, 1.807) is 48.5 Å². The van der Waals surface area contributed by atoms with Crippen molar-refractivity contribution < 1.29 is 23.9 Å². The Bertz CT molecular complexity index is 1290. The van der Waals surface area contributed by atoms with E-state index in [0.29, 0.717) is 44.2 Å². The second-order valence-corrected chi connectivity index (χ2v) is 10.7. The van der Waals surface area contributed by atoms with Gasteiger partial charge in [-0.25, -0.2) is 4.39 Å². The Morgan fingerprint density at radius 2 is 1.78 bits per heavy atom. The summed E-state index contributed by atoms with van der Waals surface area (Å²) >= 11 is 15.5. The third-order valence-electron chi connectivity index (χ3n) is 6.35. The molecule has 188 valence electrons. The normalized spacial score (nSPS) is 20.0. The van der Waals surface area contributed by atoms with Gasteiger partial charge in [-0.2, -0.15) is 5.06 Å². The molecule has 0 radical (unpaired) electrons. The minimum atomic E-state index is -2.37. The minimum absolute atomic E-state index is 0.0239. The Balaban J connectivity index is 1.59. The highest BCUT2D eigenvalue weighted by Gasteiger charge is 2.55. The van der Waals surface area contributed by atoms with E-state index >= 15 is 4.39 Å². The van der Waals surface area contributed by atoms with Gasteiger partial charge in [-0.15, -0.1) is 0 Å². The van der Waals surface area contributed by atoms with Crippen LogP contribution >= 0.6 is 39.1 Å². The van der Waals surface area contributed by atoms with Crippen LogP contribution in [0.5, 0.6) is 0 Å². The summed E-state index contributed by atoms with van der Waals surface area (Å²) in [5.41, 5.74) is 1.37. The van der Waals surface area contributed by atoms with Gasteiger partial charge in [0.1, 0.15) is 6.61 Å². The first kappa shape index (κ1) is 25.6. The summed E-state index contributed by atoms with van der Waals surface area (Å²) in [5, 5.41) is 10.9. The summed E-state index contributed by atoms with van der Waals surface area (Å²) in [5.74, 6) is -2.97. The zero-order valence-corrected chi connectivity index (χ0v) is 22.1. The van der Waals surface area contributed by atoms with Crippen LogP contribution in [0.15, 0.2) is 59.2 Å². The molecule has 36 heavy (non-hydrogen) atoms. The van der Waals surface area contributed by atoms with E-state index in [2.05, 4.69) is 20.9 Å². The first-order chi connectivity index (χ1) is 17.2. The van der Waals surface area contributed by atoms with E-state index < -0.39 is 17.3 Å². The molecule has 5 rings (SSSR count). The summed E-state index contributed by atoms with van der Waals surface area (Å²) in [6.07, 6.45) is 2.57. The molecule has 1 aromatic heterocycles. The zero-order chi connectivity index (χ0) is 25.5. The van der Waals surface area contributed by atoms with Crippen molar-refractivity contribution >= 4 is 45.0 Å². The van der Waals surface area contributed by atoms with Crippen molar-refractivity contribution in [3.63, 3.8) is 0 Å². The number of aliphatic hydroxyl groups is 1. The Morgan fingerprint density at radius 3 is 2.42 bits per heavy atom. The predicted octanol–water partition coefficient (Wildman–Crippen LogP) is 6.11. The molecule has 10 heteroatoms. The van der Waals surface area contributed by atoms with Gasteiger partial charge in [0.05, 0.1) is 29.4 Å². The number of carbonyl (C=O) groups excluding carboxylic acids is 1. The lowest BCUT2D eigenvalue weighted by molar-refractivity contribution is -0.244. The van der Waals surface area contributed by atoms with Crippen LogP contribution in [0.25, 0.3) is 11.1 Å². The maximum Gasteiger partial charge on any atom is 0.281 e. The minimum Gasteiger partial charge on any atom is -0.394 e. The summed E-state index contributed by atoms with van der Waals surface area (Å²) in [6, 6.07) is 13.6. The summed E-state index contributed by atoms with van der Waals surface area (Å²) in [6.45, 7) is -0.0197. The zero-order valence-electron chi connectivity index (χ0n) is 19.0. The molecule has 2 aromatic carbocycles. The van der Waals surface area contributed by atoms with Crippen LogP contribution in [-0.2, 0) is 21.8 Å². The Hall–Kier alpha value is -2.07. The highest BCUT2D eigenvalue weighted by atomic mass is 79.9. The molecule has 1 fully saturated rings. The highest BCUT2D eigenvalue weighted by Crippen LogP contribution is 2.50. The second-order valence-electron chi connectivity index (χ2n) is 8.91. The third kappa shape index (κ3) is 4.90. The fourth-order valence-corrected chi connectivity index (χ4v) is 5.10. The Kier molecular flexibility index (Phi) is 7.11. The molecule has 1 saturated carbocycles. The van der Waals surface area contributed by atoms with Crippen LogP contribution < -0.4 is 0 Å². The fourth-order valence-electron chi connectivity index (χ4n) is 4.40. The average Bonchev–Trinajstić information content (AvgIpc) is 3.60. The molecule has 1 atom stereocenters. The van der Waals surface area contributed by atoms with Crippen LogP contribution in [0.3, 0.4) is 0 Å². The van der Waals surface area contributed by atoms with Crippen molar-refractivity contribution in [2.75, 3.05) is 19.8 Å². The topological polar surface area (TPSA) is 71.9 Å². The molecule has 1 amide bonds. The maximum atomic E-state index is 17.4. The van der Waals surface area contributed by atoms with Crippen molar-refractivity contribution in [1.82, 2.24) is 10.0 Å². The number of halogens is 4. The number of aliphatic hydroxyl groups excluding tert-OH is 1. The van der Waals surface area contributed by atoms with Crippen LogP contribution in [0.1, 0.15) is 34.5 Å². The number of ether oxygens (including phenoxy) is 1. The van der Waals surface area contributed by atoms with Gasteiger partial charge in [0.2, 0.25) is 5.79 Å². The highest BCUT2D eigenvalue weighted by molar-refractivity contribution is 9.10. The lowest BCUT2D eigenvalue weighted by Gasteiger charge is -2.32. The molecular weight excluding hydrogens is 574 g/mol. The average molecular weight is 596 g/mol. The van der Waals surface area contributed by atoms with Gasteiger partial charge in [0.25, 0.3) is 5.91 Å². The number of carbonyl (C=O) groups is 1. The third-order valence-corrected chi connectivity index (χ3v) is 7.28. The lowest BCUT2D eigenvalue weighted by atomic mass is 9.89. The molecule has 0 saturated heterocycles. The van der Waals surface area contributed by atoms with Gasteiger partial charge >= 0.3 is 0 Å². The number of pyridine rings is 1. The monoisotopic (exact) mass is 594 g/mol. The van der Waals surface area contributed by atoms with E-state index in [1.807, 2.05) is 0 Å². The first-order valence-corrected chi connectivity index (χ1v) is 12.9. The predicted molar refractivity (Wildman–Crippen MR) is 137 cm³/mol. The van der Waals surface area contributed by atoms with Crippen molar-refractivity contribution in [3.05, 3.63) is 86.1 Å². The smallest absolute Gasteiger partial charge is 0.281 e. The number of nitrogens with zero attached hydrogens (tertiary/aromatic N) is 2. The van der Waals surface area contributed by atoms with Crippen molar-refractivity contribution in [2.24, 2.45) is 0 Å². The van der Waals surface area contributed by atoms with Gasteiger partial charge < -0.3 is 9.84 Å². The summed E-state index contributed by atoms with van der Waals surface area (Å²) in [7, 11) is 0. The van der Waals surface area contributed by atoms with Gasteiger partial charge in [0, 0.05) is 33.4 Å². The standard InChI is InChI=1S/C26H22BrCl2FN2O4/c27-17-11-21(16-1-3-18(28)4-2-16)23-22(12-17)24(34)32(36-15-25(7-8-25)35-10-9-33)26(23,30)13-20-6-5-19(29)14-31-20/h1-6,11-12,14,33H,7-10,13,15H2. The molecule has 3 aromatic rings. The van der Waals surface area contributed by atoms with E-state index in [4.69, 9.17) is 37.9 Å². The molecule has 0 spiro atoms. The Morgan fingerprint density at radius 1 is 1.08 bits per heavy atom. The molecule has 6 nitrogen and oxygen atoms in total. The van der Waals surface area contributed by atoms with Crippen LogP contribution in [-0.4, -0.2) is 46.5 Å². The first-order valence-electron chi connectivity index (χ1n) is 11.4. The van der Waals surface area contributed by atoms with Crippen molar-refractivity contribution in [3.8, 4) is 11.1 Å². The number of benzene rings is 2. The molecule has 1 unspecified atom stereocenters. The van der Waals surface area contributed by atoms with Crippen molar-refractivity contribution in [1.29, 1.82) is 0 Å². The summed E-state index contributed by atoms with van der Waals surface area (Å²) < 4.78 is 23.7. The molecule has 2 heterocycles. The molecule has 1 aliphatic heterocycles. The Labute approximate surface area is 226 Å². The van der Waals surface area contributed by atoms with Gasteiger partial charge in [0.15, 0.2) is 0 Å². The largest absolute Gasteiger partial charge is 0.394 e. The number of hydrogen-bond donors (Lipinski definition) is 1. The fraction of sp³-hybridized carbons (Fsp3) is 0.308. The van der Waals surface area contributed by atoms with Crippen molar-refractivity contribution in [2.45, 2.75) is 30.7 Å². The summed E-state index contributed by atoms with van der Waals surface area (Å²) in [4.78, 5) is 23.8. The lowest BCUT2D eigenvalue weighted by Crippen LogP contribution is -2.44. The van der Waals surface area contributed by atoms with E-state index in [-0.39, 0.29) is 37.4 Å². The van der Waals surface area contributed by atoms with Crippen LogP contribution in [0, 0.1) is 0 Å². The molecule has 2 aliphatic rings. The second kappa shape index (κ2) is 10.0.